The molecule has 0 saturated carbocycles. The van der Waals surface area contributed by atoms with Crippen LogP contribution in [0.3, 0.4) is 0 Å². The summed E-state index contributed by atoms with van der Waals surface area (Å²) in [5.41, 5.74) is 1.74. The second kappa shape index (κ2) is 8.70. The molecule has 0 saturated heterocycles. The van der Waals surface area contributed by atoms with Crippen molar-refractivity contribution in [3.05, 3.63) is 60.7 Å². The summed E-state index contributed by atoms with van der Waals surface area (Å²) in [6, 6.07) is 18.9. The van der Waals surface area contributed by atoms with Crippen LogP contribution in [0.4, 0.5) is 0 Å². The fourth-order valence-corrected chi connectivity index (χ4v) is 3.02. The summed E-state index contributed by atoms with van der Waals surface area (Å²) in [6.07, 6.45) is 0. The van der Waals surface area contributed by atoms with E-state index in [0.717, 1.165) is 21.9 Å². The predicted octanol–water partition coefficient (Wildman–Crippen LogP) is 1.39. The zero-order valence-corrected chi connectivity index (χ0v) is 16.6. The predicted molar refractivity (Wildman–Crippen MR) is 90.1 cm³/mol. The SMILES string of the molecule is CCO[PH](=O)Oc1ccc(-c2ccc3ccccc3c2)cc1[O-].[Na+]. The van der Waals surface area contributed by atoms with E-state index in [1.54, 1.807) is 13.0 Å². The van der Waals surface area contributed by atoms with E-state index < -0.39 is 8.25 Å². The van der Waals surface area contributed by atoms with Crippen LogP contribution in [0, 0.1) is 0 Å². The standard InChI is InChI=1S/C18H17O4P.Na/c1-2-21-23(20)22-18-10-9-16(12-17(18)19)15-8-7-13-5-3-4-6-14(13)11-15;/h3-12,19,23H,2H2,1H3;/q;+1/p-1. The Labute approximate surface area is 163 Å². The Morgan fingerprint density at radius 3 is 2.33 bits per heavy atom. The van der Waals surface area contributed by atoms with Gasteiger partial charge < -0.3 is 14.2 Å². The van der Waals surface area contributed by atoms with E-state index in [1.807, 2.05) is 42.5 Å². The van der Waals surface area contributed by atoms with Crippen LogP contribution in [0.1, 0.15) is 6.92 Å². The van der Waals surface area contributed by atoms with Gasteiger partial charge in [0.2, 0.25) is 0 Å². The van der Waals surface area contributed by atoms with Crippen molar-refractivity contribution < 1.29 is 48.3 Å². The molecular formula is C18H16NaO4P. The van der Waals surface area contributed by atoms with Crippen LogP contribution in [-0.4, -0.2) is 6.61 Å². The van der Waals surface area contributed by atoms with Crippen molar-refractivity contribution in [2.24, 2.45) is 0 Å². The summed E-state index contributed by atoms with van der Waals surface area (Å²) in [7, 11) is -2.67. The van der Waals surface area contributed by atoms with Gasteiger partial charge in [0.05, 0.1) is 6.61 Å². The van der Waals surface area contributed by atoms with Gasteiger partial charge in [-0.1, -0.05) is 54.3 Å². The van der Waals surface area contributed by atoms with Crippen molar-refractivity contribution in [3.8, 4) is 22.6 Å². The van der Waals surface area contributed by atoms with E-state index in [4.69, 9.17) is 9.05 Å². The molecule has 4 nitrogen and oxygen atoms in total. The van der Waals surface area contributed by atoms with Gasteiger partial charge in [0.15, 0.2) is 0 Å². The Kier molecular flexibility index (Phi) is 6.90. The third-order valence-electron chi connectivity index (χ3n) is 3.48. The molecule has 118 valence electrons. The minimum Gasteiger partial charge on any atom is -0.870 e. The first-order valence-electron chi connectivity index (χ1n) is 7.32. The molecule has 3 aromatic rings. The van der Waals surface area contributed by atoms with Gasteiger partial charge in [0.25, 0.3) is 0 Å². The van der Waals surface area contributed by atoms with Crippen molar-refractivity contribution in [3.63, 3.8) is 0 Å². The summed E-state index contributed by atoms with van der Waals surface area (Å²) >= 11 is 0. The first-order valence-corrected chi connectivity index (χ1v) is 8.54. The number of rotatable bonds is 5. The van der Waals surface area contributed by atoms with Crippen LogP contribution in [0.15, 0.2) is 60.7 Å². The molecule has 0 radical (unpaired) electrons. The molecular weight excluding hydrogens is 334 g/mol. The van der Waals surface area contributed by atoms with E-state index in [9.17, 15) is 9.67 Å². The second-order valence-electron chi connectivity index (χ2n) is 5.01. The topological polar surface area (TPSA) is 58.6 Å². The summed E-state index contributed by atoms with van der Waals surface area (Å²) < 4.78 is 21.4. The molecule has 1 unspecified atom stereocenters. The van der Waals surface area contributed by atoms with Gasteiger partial charge in [0.1, 0.15) is 5.75 Å². The fraction of sp³-hybridized carbons (Fsp3) is 0.111. The molecule has 0 aliphatic carbocycles. The molecule has 3 rings (SSSR count). The summed E-state index contributed by atoms with van der Waals surface area (Å²) in [4.78, 5) is 0. The molecule has 1 atom stereocenters. The van der Waals surface area contributed by atoms with Gasteiger partial charge in [-0.25, -0.2) is 4.57 Å². The molecule has 0 aliphatic heterocycles. The quantitative estimate of drug-likeness (QED) is 0.515. The van der Waals surface area contributed by atoms with Crippen molar-refractivity contribution in [1.82, 2.24) is 0 Å². The van der Waals surface area contributed by atoms with Crippen LogP contribution < -0.4 is 39.2 Å². The maximum Gasteiger partial charge on any atom is 1.00 e. The van der Waals surface area contributed by atoms with Crippen molar-refractivity contribution in [1.29, 1.82) is 0 Å². The van der Waals surface area contributed by atoms with Crippen LogP contribution in [0.25, 0.3) is 21.9 Å². The smallest absolute Gasteiger partial charge is 0.870 e. The van der Waals surface area contributed by atoms with E-state index >= 15 is 0 Å². The zero-order chi connectivity index (χ0) is 16.2. The van der Waals surface area contributed by atoms with Gasteiger partial charge in [0, 0.05) is 0 Å². The van der Waals surface area contributed by atoms with E-state index in [-0.39, 0.29) is 47.7 Å². The van der Waals surface area contributed by atoms with Gasteiger partial charge >= 0.3 is 37.8 Å². The van der Waals surface area contributed by atoms with E-state index in [1.165, 1.54) is 12.1 Å². The molecule has 0 spiro atoms. The third kappa shape index (κ3) is 4.41. The molecule has 0 N–H and O–H groups in total. The van der Waals surface area contributed by atoms with Crippen molar-refractivity contribution >= 4 is 19.0 Å². The second-order valence-corrected chi connectivity index (χ2v) is 6.00. The van der Waals surface area contributed by atoms with E-state index in [0.29, 0.717) is 0 Å². The monoisotopic (exact) mass is 350 g/mol. The summed E-state index contributed by atoms with van der Waals surface area (Å²) in [5.74, 6) is -0.263. The molecule has 0 aromatic heterocycles. The fourth-order valence-electron chi connectivity index (χ4n) is 2.38. The Morgan fingerprint density at radius 1 is 0.958 bits per heavy atom. The van der Waals surface area contributed by atoms with E-state index in [2.05, 4.69) is 0 Å². The number of benzene rings is 3. The summed E-state index contributed by atoms with van der Waals surface area (Å²) in [6.45, 7) is 1.99. The minimum absolute atomic E-state index is 0. The molecule has 6 heteroatoms. The van der Waals surface area contributed by atoms with Gasteiger partial charge in [-0.05, 0) is 41.0 Å². The molecule has 0 bridgehead atoms. The molecule has 0 fully saturated rings. The zero-order valence-electron chi connectivity index (χ0n) is 13.6. The third-order valence-corrected chi connectivity index (χ3v) is 4.39. The average Bonchev–Trinajstić information content (AvgIpc) is 2.56. The molecule has 24 heavy (non-hydrogen) atoms. The van der Waals surface area contributed by atoms with Gasteiger partial charge in [-0.2, -0.15) is 0 Å². The van der Waals surface area contributed by atoms with Crippen LogP contribution in [0.2, 0.25) is 0 Å². The molecule has 0 amide bonds. The average molecular weight is 350 g/mol. The number of hydrogen-bond donors (Lipinski definition) is 0. The Bertz CT molecular complexity index is 867. The number of hydrogen-bond acceptors (Lipinski definition) is 4. The van der Waals surface area contributed by atoms with Crippen LogP contribution in [0.5, 0.6) is 11.5 Å². The maximum atomic E-state index is 12.1. The van der Waals surface area contributed by atoms with Crippen LogP contribution in [-0.2, 0) is 9.09 Å². The van der Waals surface area contributed by atoms with Crippen molar-refractivity contribution in [2.75, 3.05) is 6.61 Å². The molecule has 3 aromatic carbocycles. The molecule has 0 heterocycles. The van der Waals surface area contributed by atoms with Gasteiger partial charge in [-0.15, -0.1) is 0 Å². The van der Waals surface area contributed by atoms with Crippen LogP contribution >= 0.6 is 8.25 Å². The largest absolute Gasteiger partial charge is 1.00 e. The summed E-state index contributed by atoms with van der Waals surface area (Å²) in [5, 5.41) is 14.4. The normalized spacial score (nSPS) is 11.7. The molecule has 0 aliphatic rings. The first-order chi connectivity index (χ1) is 11.2. The van der Waals surface area contributed by atoms with Crippen molar-refractivity contribution in [2.45, 2.75) is 6.92 Å². The first kappa shape index (κ1) is 19.0. The maximum absolute atomic E-state index is 12.1. The number of fused-ring (bicyclic) bond motifs is 1. The van der Waals surface area contributed by atoms with Gasteiger partial charge in [-0.3, -0.25) is 0 Å². The Morgan fingerprint density at radius 2 is 1.62 bits per heavy atom. The minimum atomic E-state index is -2.67. The Balaban J connectivity index is 0.00000208. The Hall–Kier alpha value is -1.29.